The number of aromatic nitrogens is 3. The van der Waals surface area contributed by atoms with Crippen molar-refractivity contribution in [2.24, 2.45) is 0 Å². The fraction of sp³-hybridized carbons (Fsp3) is 0.350. The van der Waals surface area contributed by atoms with Crippen LogP contribution in [0, 0.1) is 0 Å². The third kappa shape index (κ3) is 3.98. The van der Waals surface area contributed by atoms with E-state index in [1.54, 1.807) is 11.3 Å². The van der Waals surface area contributed by atoms with Crippen LogP contribution in [0.5, 0.6) is 0 Å². The third-order valence-corrected chi connectivity index (χ3v) is 6.92. The Bertz CT molecular complexity index is 1060. The van der Waals surface area contributed by atoms with Crippen molar-refractivity contribution in [2.75, 3.05) is 19.6 Å². The van der Waals surface area contributed by atoms with Crippen molar-refractivity contribution in [2.45, 2.75) is 25.8 Å². The molecule has 4 nitrogen and oxygen atoms in total. The average molecular weight is 502 g/mol. The number of hydrogen-bond acceptors (Lipinski definition) is 3. The highest BCUT2D eigenvalue weighted by molar-refractivity contribution is 9.11. The Labute approximate surface area is 189 Å². The average Bonchev–Trinajstić information content (AvgIpc) is 3.35. The van der Waals surface area contributed by atoms with Gasteiger partial charge < -0.3 is 9.47 Å². The van der Waals surface area contributed by atoms with E-state index in [1.807, 2.05) is 0 Å². The van der Waals surface area contributed by atoms with Crippen LogP contribution in [0.1, 0.15) is 19.3 Å². The van der Waals surface area contributed by atoms with Crippen LogP contribution in [0.4, 0.5) is 0 Å². The highest BCUT2D eigenvalue weighted by atomic mass is 79.9. The molecular formula is C20H23BrCl2N4S. The smallest absolute Gasteiger partial charge is 0.215 e. The van der Waals surface area contributed by atoms with Crippen molar-refractivity contribution in [3.63, 3.8) is 0 Å². The molecule has 0 atom stereocenters. The Morgan fingerprint density at radius 1 is 0.929 bits per heavy atom. The Morgan fingerprint density at radius 2 is 1.68 bits per heavy atom. The van der Waals surface area contributed by atoms with Gasteiger partial charge in [0.05, 0.1) is 19.7 Å². The van der Waals surface area contributed by atoms with Gasteiger partial charge in [-0.2, -0.15) is 0 Å². The zero-order chi connectivity index (χ0) is 17.5. The van der Waals surface area contributed by atoms with E-state index in [4.69, 9.17) is 4.98 Å². The molecule has 0 amide bonds. The molecule has 0 aliphatic carbocycles. The summed E-state index contributed by atoms with van der Waals surface area (Å²) in [7, 11) is 0. The number of halogens is 3. The molecule has 4 aromatic rings. The highest BCUT2D eigenvalue weighted by Gasteiger charge is 2.17. The van der Waals surface area contributed by atoms with Gasteiger partial charge >= 0.3 is 0 Å². The summed E-state index contributed by atoms with van der Waals surface area (Å²) in [5, 5.41) is 0. The van der Waals surface area contributed by atoms with Gasteiger partial charge in [-0.1, -0.05) is 18.6 Å². The van der Waals surface area contributed by atoms with E-state index < -0.39 is 0 Å². The van der Waals surface area contributed by atoms with Gasteiger partial charge in [-0.3, -0.25) is 4.40 Å². The predicted molar refractivity (Wildman–Crippen MR) is 126 cm³/mol. The first-order valence-corrected chi connectivity index (χ1v) is 10.8. The van der Waals surface area contributed by atoms with Crippen LogP contribution in [-0.4, -0.2) is 38.5 Å². The van der Waals surface area contributed by atoms with E-state index >= 15 is 0 Å². The van der Waals surface area contributed by atoms with Crippen molar-refractivity contribution in [1.29, 1.82) is 0 Å². The summed E-state index contributed by atoms with van der Waals surface area (Å²) in [5.41, 5.74) is 3.55. The normalized spacial score (nSPS) is 14.9. The maximum atomic E-state index is 4.99. The monoisotopic (exact) mass is 500 g/mol. The van der Waals surface area contributed by atoms with Crippen LogP contribution in [0.2, 0.25) is 0 Å². The molecule has 1 aliphatic heterocycles. The molecule has 5 rings (SSSR count). The van der Waals surface area contributed by atoms with Crippen molar-refractivity contribution >= 4 is 68.9 Å². The number of rotatable bonds is 4. The van der Waals surface area contributed by atoms with E-state index in [0.717, 1.165) is 28.3 Å². The molecule has 1 fully saturated rings. The lowest BCUT2D eigenvalue weighted by Crippen LogP contribution is -2.32. The van der Waals surface area contributed by atoms with Gasteiger partial charge in [0, 0.05) is 19.3 Å². The number of fused-ring (bicyclic) bond motifs is 3. The molecule has 0 N–H and O–H groups in total. The summed E-state index contributed by atoms with van der Waals surface area (Å²) < 4.78 is 5.77. The zero-order valence-corrected chi connectivity index (χ0v) is 19.4. The number of nitrogens with zero attached hydrogens (tertiary/aromatic N) is 4. The summed E-state index contributed by atoms with van der Waals surface area (Å²) in [6, 6.07) is 12.9. The SMILES string of the molecule is Brc1ccc(-c2cn3c4ccccc4n(CCN4CCCCC4)c3n2)s1.Cl.Cl. The number of para-hydroxylation sites is 2. The van der Waals surface area contributed by atoms with Crippen LogP contribution in [0.25, 0.3) is 27.4 Å². The second kappa shape index (κ2) is 9.18. The third-order valence-electron chi connectivity index (χ3n) is 5.27. The molecule has 1 saturated heterocycles. The Balaban J connectivity index is 0.00000112. The molecule has 0 radical (unpaired) electrons. The molecule has 28 heavy (non-hydrogen) atoms. The molecule has 4 heterocycles. The second-order valence-electron chi connectivity index (χ2n) is 6.94. The Hall–Kier alpha value is -1.05. The van der Waals surface area contributed by atoms with Crippen molar-refractivity contribution in [3.8, 4) is 10.6 Å². The topological polar surface area (TPSA) is 25.5 Å². The molecule has 0 saturated carbocycles. The molecule has 3 aromatic heterocycles. The molecule has 8 heteroatoms. The van der Waals surface area contributed by atoms with Crippen LogP contribution in [0.3, 0.4) is 0 Å². The quantitative estimate of drug-likeness (QED) is 0.337. The van der Waals surface area contributed by atoms with E-state index in [9.17, 15) is 0 Å². The van der Waals surface area contributed by atoms with Gasteiger partial charge in [0.2, 0.25) is 5.78 Å². The minimum absolute atomic E-state index is 0. The molecule has 150 valence electrons. The predicted octanol–water partition coefficient (Wildman–Crippen LogP) is 6.11. The largest absolute Gasteiger partial charge is 0.308 e. The van der Waals surface area contributed by atoms with Gasteiger partial charge in [0.1, 0.15) is 5.69 Å². The fourth-order valence-corrected chi connectivity index (χ4v) is 5.30. The molecular weight excluding hydrogens is 479 g/mol. The second-order valence-corrected chi connectivity index (χ2v) is 9.41. The number of likely N-dealkylation sites (tertiary alicyclic amines) is 1. The number of hydrogen-bond donors (Lipinski definition) is 0. The van der Waals surface area contributed by atoms with Crippen LogP contribution >= 0.6 is 52.1 Å². The summed E-state index contributed by atoms with van der Waals surface area (Å²) in [5.74, 6) is 1.04. The zero-order valence-electron chi connectivity index (χ0n) is 15.4. The Morgan fingerprint density at radius 3 is 2.39 bits per heavy atom. The van der Waals surface area contributed by atoms with Crippen LogP contribution < -0.4 is 0 Å². The molecule has 0 spiro atoms. The van der Waals surface area contributed by atoms with Gasteiger partial charge in [-0.05, 0) is 66.1 Å². The number of benzene rings is 1. The molecule has 1 aliphatic rings. The van der Waals surface area contributed by atoms with Gasteiger partial charge in [0.25, 0.3) is 0 Å². The van der Waals surface area contributed by atoms with E-state index in [1.165, 1.54) is 48.3 Å². The van der Waals surface area contributed by atoms with E-state index in [-0.39, 0.29) is 24.8 Å². The number of piperidine rings is 1. The van der Waals surface area contributed by atoms with Crippen molar-refractivity contribution in [1.82, 2.24) is 18.9 Å². The first-order valence-electron chi connectivity index (χ1n) is 9.24. The number of thiophene rings is 1. The minimum Gasteiger partial charge on any atom is -0.308 e. The molecule has 0 unspecified atom stereocenters. The van der Waals surface area contributed by atoms with E-state index in [2.05, 4.69) is 72.4 Å². The Kier molecular flexibility index (Phi) is 7.10. The van der Waals surface area contributed by atoms with Crippen LogP contribution in [0.15, 0.2) is 46.4 Å². The highest BCUT2D eigenvalue weighted by Crippen LogP contribution is 2.32. The van der Waals surface area contributed by atoms with Gasteiger partial charge in [-0.15, -0.1) is 36.2 Å². The van der Waals surface area contributed by atoms with Crippen molar-refractivity contribution in [3.05, 3.63) is 46.4 Å². The first-order chi connectivity index (χ1) is 12.8. The van der Waals surface area contributed by atoms with Crippen molar-refractivity contribution < 1.29 is 0 Å². The van der Waals surface area contributed by atoms with Crippen LogP contribution in [-0.2, 0) is 6.54 Å². The first kappa shape index (κ1) is 21.7. The van der Waals surface area contributed by atoms with Gasteiger partial charge in [0.15, 0.2) is 0 Å². The van der Waals surface area contributed by atoms with E-state index in [0.29, 0.717) is 0 Å². The minimum atomic E-state index is 0. The lowest BCUT2D eigenvalue weighted by atomic mass is 10.1. The summed E-state index contributed by atoms with van der Waals surface area (Å²) >= 11 is 5.29. The maximum Gasteiger partial charge on any atom is 0.215 e. The number of imidazole rings is 2. The lowest BCUT2D eigenvalue weighted by Gasteiger charge is -2.26. The summed E-state index contributed by atoms with van der Waals surface area (Å²) in [6.45, 7) is 4.56. The fourth-order valence-electron chi connectivity index (χ4n) is 3.96. The summed E-state index contributed by atoms with van der Waals surface area (Å²) in [4.78, 5) is 8.79. The lowest BCUT2D eigenvalue weighted by molar-refractivity contribution is 0.222. The molecule has 1 aromatic carbocycles. The standard InChI is InChI=1S/C20H21BrN4S.2ClH/c21-19-9-8-18(26-19)15-14-25-17-7-3-2-6-16(17)24(20(25)22-15)13-12-23-10-4-1-5-11-23;;/h2-3,6-9,14H,1,4-5,10-13H2;2*1H. The summed E-state index contributed by atoms with van der Waals surface area (Å²) in [6.07, 6.45) is 6.23. The van der Waals surface area contributed by atoms with Gasteiger partial charge in [-0.25, -0.2) is 4.98 Å². The molecule has 0 bridgehead atoms. The maximum absolute atomic E-state index is 4.99.